The van der Waals surface area contributed by atoms with E-state index in [1.807, 2.05) is 36.4 Å². The molecule has 0 bridgehead atoms. The molecule has 0 amide bonds. The molecule has 0 aliphatic carbocycles. The highest BCUT2D eigenvalue weighted by atomic mass is 35.5. The lowest BCUT2D eigenvalue weighted by molar-refractivity contribution is -0.104. The monoisotopic (exact) mass is 192 g/mol. The highest BCUT2D eigenvalue weighted by Gasteiger charge is 1.83. The van der Waals surface area contributed by atoms with Gasteiger partial charge in [-0.25, -0.2) is 0 Å². The predicted octanol–water partition coefficient (Wildman–Crippen LogP) is 3.02. The first-order valence-electron chi connectivity index (χ1n) is 3.87. The summed E-state index contributed by atoms with van der Waals surface area (Å²) in [6.07, 6.45) is 5.79. The van der Waals surface area contributed by atoms with E-state index in [1.54, 1.807) is 12.2 Å². The normalized spacial score (nSPS) is 11.9. The molecule has 0 heterocycles. The average molecular weight is 193 g/mol. The number of benzene rings is 1. The summed E-state index contributed by atoms with van der Waals surface area (Å²) in [6, 6.07) is 9.79. The van der Waals surface area contributed by atoms with Crippen LogP contribution in [0.2, 0.25) is 0 Å². The third-order valence-electron chi connectivity index (χ3n) is 1.46. The summed E-state index contributed by atoms with van der Waals surface area (Å²) in [5, 5.41) is 0.201. The van der Waals surface area contributed by atoms with E-state index < -0.39 is 0 Å². The molecule has 66 valence electrons. The van der Waals surface area contributed by atoms with Gasteiger partial charge in [0, 0.05) is 0 Å². The van der Waals surface area contributed by atoms with Crippen LogP contribution in [0, 0.1) is 0 Å². The Morgan fingerprint density at radius 1 is 1.23 bits per heavy atom. The number of allylic oxidation sites excluding steroid dienone is 3. The maximum absolute atomic E-state index is 10.1. The number of rotatable bonds is 3. The van der Waals surface area contributed by atoms with Gasteiger partial charge in [0.15, 0.2) is 6.29 Å². The Labute approximate surface area is 82.3 Å². The van der Waals surface area contributed by atoms with Crippen molar-refractivity contribution in [1.82, 2.24) is 0 Å². The van der Waals surface area contributed by atoms with Gasteiger partial charge in [-0.2, -0.15) is 0 Å². The minimum Gasteiger partial charge on any atom is -0.297 e. The molecule has 1 rings (SSSR count). The molecule has 0 aliphatic rings. The number of hydrogen-bond acceptors (Lipinski definition) is 1. The maximum atomic E-state index is 10.1. The standard InChI is InChI=1S/C11H9ClO/c12-11(9-13)8-4-7-10-5-2-1-3-6-10/h1-9H/b7-4+,11-8-. The van der Waals surface area contributed by atoms with E-state index in [0.717, 1.165) is 5.56 Å². The van der Waals surface area contributed by atoms with E-state index in [2.05, 4.69) is 0 Å². The van der Waals surface area contributed by atoms with Crippen molar-refractivity contribution in [3.05, 3.63) is 53.1 Å². The molecule has 13 heavy (non-hydrogen) atoms. The summed E-state index contributed by atoms with van der Waals surface area (Å²) in [4.78, 5) is 10.1. The first-order chi connectivity index (χ1) is 6.33. The summed E-state index contributed by atoms with van der Waals surface area (Å²) in [5.74, 6) is 0. The third-order valence-corrected chi connectivity index (χ3v) is 1.67. The van der Waals surface area contributed by atoms with Crippen LogP contribution in [0.5, 0.6) is 0 Å². The van der Waals surface area contributed by atoms with Crippen LogP contribution in [-0.2, 0) is 4.79 Å². The number of aldehydes is 1. The van der Waals surface area contributed by atoms with Gasteiger partial charge < -0.3 is 0 Å². The SMILES string of the molecule is O=C/C(Cl)=C/C=C/c1ccccc1. The Kier molecular flexibility index (Phi) is 4.00. The quantitative estimate of drug-likeness (QED) is 0.409. The van der Waals surface area contributed by atoms with Crippen LogP contribution in [-0.4, -0.2) is 6.29 Å². The zero-order chi connectivity index (χ0) is 9.52. The fourth-order valence-electron chi connectivity index (χ4n) is 0.855. The summed E-state index contributed by atoms with van der Waals surface area (Å²) >= 11 is 5.47. The second-order valence-electron chi connectivity index (χ2n) is 2.44. The molecule has 0 atom stereocenters. The Morgan fingerprint density at radius 2 is 1.92 bits per heavy atom. The molecule has 0 saturated heterocycles. The summed E-state index contributed by atoms with van der Waals surface area (Å²) < 4.78 is 0. The van der Waals surface area contributed by atoms with Crippen molar-refractivity contribution in [3.63, 3.8) is 0 Å². The average Bonchev–Trinajstić information content (AvgIpc) is 2.19. The molecule has 0 aliphatic heterocycles. The minimum absolute atomic E-state index is 0.201. The molecule has 0 fully saturated rings. The smallest absolute Gasteiger partial charge is 0.161 e. The second kappa shape index (κ2) is 5.33. The Bertz CT molecular complexity index is 325. The number of carbonyl (C=O) groups excluding carboxylic acids is 1. The fourth-order valence-corrected chi connectivity index (χ4v) is 0.927. The molecular formula is C11H9ClO. The summed E-state index contributed by atoms with van der Waals surface area (Å²) in [7, 11) is 0. The first kappa shape index (κ1) is 9.75. The maximum Gasteiger partial charge on any atom is 0.161 e. The molecule has 1 aromatic carbocycles. The van der Waals surface area contributed by atoms with Gasteiger partial charge in [-0.15, -0.1) is 0 Å². The van der Waals surface area contributed by atoms with Gasteiger partial charge in [-0.05, 0) is 11.6 Å². The largest absolute Gasteiger partial charge is 0.297 e. The van der Waals surface area contributed by atoms with Crippen LogP contribution in [0.15, 0.2) is 47.5 Å². The number of carbonyl (C=O) groups is 1. The molecule has 0 N–H and O–H groups in total. The summed E-state index contributed by atoms with van der Waals surface area (Å²) in [6.45, 7) is 0. The number of hydrogen-bond donors (Lipinski definition) is 0. The van der Waals surface area contributed by atoms with Gasteiger partial charge in [-0.3, -0.25) is 4.79 Å². The van der Waals surface area contributed by atoms with Crippen molar-refractivity contribution in [2.45, 2.75) is 0 Å². The highest BCUT2D eigenvalue weighted by Crippen LogP contribution is 2.02. The van der Waals surface area contributed by atoms with Crippen LogP contribution in [0.4, 0.5) is 0 Å². The van der Waals surface area contributed by atoms with E-state index in [9.17, 15) is 4.79 Å². The van der Waals surface area contributed by atoms with Crippen molar-refractivity contribution < 1.29 is 4.79 Å². The summed E-state index contributed by atoms with van der Waals surface area (Å²) in [5.41, 5.74) is 1.08. The van der Waals surface area contributed by atoms with Crippen LogP contribution in [0.3, 0.4) is 0 Å². The lowest BCUT2D eigenvalue weighted by atomic mass is 10.2. The van der Waals surface area contributed by atoms with Gasteiger partial charge in [-0.1, -0.05) is 54.1 Å². The zero-order valence-corrected chi connectivity index (χ0v) is 7.74. The van der Waals surface area contributed by atoms with E-state index in [0.29, 0.717) is 6.29 Å². The second-order valence-corrected chi connectivity index (χ2v) is 2.88. The molecule has 1 aromatic rings. The Hall–Kier alpha value is -1.34. The van der Waals surface area contributed by atoms with E-state index in [-0.39, 0.29) is 5.03 Å². The van der Waals surface area contributed by atoms with Crippen molar-refractivity contribution in [3.8, 4) is 0 Å². The molecule has 2 heteroatoms. The van der Waals surface area contributed by atoms with E-state index >= 15 is 0 Å². The van der Waals surface area contributed by atoms with Crippen LogP contribution in [0.1, 0.15) is 5.56 Å². The number of halogens is 1. The van der Waals surface area contributed by atoms with Crippen LogP contribution in [0.25, 0.3) is 6.08 Å². The highest BCUT2D eigenvalue weighted by molar-refractivity contribution is 6.38. The molecule has 0 spiro atoms. The fraction of sp³-hybridized carbons (Fsp3) is 0. The van der Waals surface area contributed by atoms with Gasteiger partial charge in [0.1, 0.15) is 0 Å². The molecular weight excluding hydrogens is 184 g/mol. The molecule has 0 aromatic heterocycles. The molecule has 0 radical (unpaired) electrons. The third kappa shape index (κ3) is 3.72. The minimum atomic E-state index is 0.201. The lowest BCUT2D eigenvalue weighted by Gasteiger charge is -1.88. The van der Waals surface area contributed by atoms with Crippen molar-refractivity contribution in [2.24, 2.45) is 0 Å². The lowest BCUT2D eigenvalue weighted by Crippen LogP contribution is -1.70. The predicted molar refractivity (Wildman–Crippen MR) is 55.5 cm³/mol. The Morgan fingerprint density at radius 3 is 2.54 bits per heavy atom. The van der Waals surface area contributed by atoms with Gasteiger partial charge >= 0.3 is 0 Å². The van der Waals surface area contributed by atoms with Gasteiger partial charge in [0.25, 0.3) is 0 Å². The zero-order valence-electron chi connectivity index (χ0n) is 6.98. The first-order valence-corrected chi connectivity index (χ1v) is 4.25. The van der Waals surface area contributed by atoms with Crippen molar-refractivity contribution in [2.75, 3.05) is 0 Å². The van der Waals surface area contributed by atoms with Crippen LogP contribution < -0.4 is 0 Å². The van der Waals surface area contributed by atoms with E-state index in [1.165, 1.54) is 0 Å². The molecule has 1 nitrogen and oxygen atoms in total. The van der Waals surface area contributed by atoms with E-state index in [4.69, 9.17) is 11.6 Å². The van der Waals surface area contributed by atoms with Crippen molar-refractivity contribution in [1.29, 1.82) is 0 Å². The topological polar surface area (TPSA) is 17.1 Å². The van der Waals surface area contributed by atoms with Crippen molar-refractivity contribution >= 4 is 24.0 Å². The molecule has 0 unspecified atom stereocenters. The Balaban J connectivity index is 2.65. The molecule has 0 saturated carbocycles. The van der Waals surface area contributed by atoms with Gasteiger partial charge in [0.2, 0.25) is 0 Å². The van der Waals surface area contributed by atoms with Gasteiger partial charge in [0.05, 0.1) is 5.03 Å². The van der Waals surface area contributed by atoms with Crippen LogP contribution >= 0.6 is 11.6 Å².